The Morgan fingerprint density at radius 3 is 2.41 bits per heavy atom. The van der Waals surface area contributed by atoms with Crippen LogP contribution >= 0.6 is 13.4 Å². The highest BCUT2D eigenvalue weighted by Gasteiger charge is 2.68. The van der Waals surface area contributed by atoms with Gasteiger partial charge in [-0.25, -0.2) is 43.6 Å². The maximum Gasteiger partial charge on any atom is 0.411 e. The van der Waals surface area contributed by atoms with Crippen LogP contribution in [0, 0.1) is 17.8 Å². The van der Waals surface area contributed by atoms with Gasteiger partial charge in [-0.3, -0.25) is 47.8 Å². The van der Waals surface area contributed by atoms with E-state index in [0.29, 0.717) is 16.8 Å². The molecule has 5 fully saturated rings. The Bertz CT molecular complexity index is 3780. The molecular formula is C54H67FN14O20P2S2. The number of ketones is 1. The number of imide groups is 1. The number of nitrogens with one attached hydrogen (secondary N) is 4. The molecule has 0 saturated carbocycles. The minimum absolute atomic E-state index is 0.0648. The number of likely N-dealkylation sites (N-methyl/N-ethyl adjacent to an activating group) is 1. The van der Waals surface area contributed by atoms with Crippen LogP contribution in [-0.2, 0) is 101 Å². The second-order valence-corrected chi connectivity index (χ2v) is 28.3. The number of nitrogens with zero attached hydrogens (tertiary/aromatic N) is 8. The lowest BCUT2D eigenvalue weighted by Crippen LogP contribution is -2.46. The van der Waals surface area contributed by atoms with Crippen molar-refractivity contribution in [1.82, 2.24) is 49.5 Å². The molecule has 5 aliphatic rings. The number of hydrogen-bond acceptors (Lipinski definition) is 25. The predicted molar refractivity (Wildman–Crippen MR) is 326 cm³/mol. The molecule has 5 aliphatic heterocycles. The first-order valence-corrected chi connectivity index (χ1v) is 34.3. The van der Waals surface area contributed by atoms with Gasteiger partial charge in [-0.05, 0) is 78.3 Å². The molecule has 39 heteroatoms. The largest absolute Gasteiger partial charge is 0.447 e. The number of alkyl halides is 1. The normalized spacial score (nSPS) is 27.6. The van der Waals surface area contributed by atoms with Gasteiger partial charge in [0.25, 0.3) is 5.79 Å². The van der Waals surface area contributed by atoms with Crippen molar-refractivity contribution in [2.75, 3.05) is 62.9 Å². The number of urea groups is 1. The van der Waals surface area contributed by atoms with E-state index < -0.39 is 129 Å². The number of ether oxygens (including phenoxy) is 4. The minimum Gasteiger partial charge on any atom is -0.447 e. The average molecular weight is 1380 g/mol. The number of carbonyl (C=O) groups excluding carboxylic acids is 8. The summed E-state index contributed by atoms with van der Waals surface area (Å²) >= 11 is 10.8. The molecule has 5 aromatic rings. The van der Waals surface area contributed by atoms with Crippen molar-refractivity contribution in [3.05, 3.63) is 67.0 Å². The van der Waals surface area contributed by atoms with Crippen molar-refractivity contribution in [2.24, 2.45) is 23.5 Å². The van der Waals surface area contributed by atoms with Gasteiger partial charge in [-0.2, -0.15) is 4.89 Å². The van der Waals surface area contributed by atoms with Gasteiger partial charge >= 0.3 is 31.7 Å². The van der Waals surface area contributed by atoms with Crippen LogP contribution in [0.5, 0.6) is 0 Å². The Balaban J connectivity index is 0.699. The molecule has 0 spiro atoms. The van der Waals surface area contributed by atoms with E-state index in [1.807, 2.05) is 0 Å². The summed E-state index contributed by atoms with van der Waals surface area (Å²) in [5.74, 6) is -5.97. The number of hydrogen-bond donors (Lipinski definition) is 8. The number of fused-ring (bicyclic) bond motifs is 4. The molecule has 5 saturated heterocycles. The zero-order chi connectivity index (χ0) is 66.7. The van der Waals surface area contributed by atoms with Gasteiger partial charge in [0.05, 0.1) is 42.9 Å². The summed E-state index contributed by atoms with van der Waals surface area (Å²) in [6.45, 7) is -5.79. The highest BCUT2D eigenvalue weighted by atomic mass is 32.5. The lowest BCUT2D eigenvalue weighted by Gasteiger charge is -2.32. The first-order chi connectivity index (χ1) is 44.2. The van der Waals surface area contributed by atoms with Gasteiger partial charge in [0.1, 0.15) is 43.9 Å². The zero-order valence-electron chi connectivity index (χ0n) is 50.2. The number of carbonyl (C=O) groups is 8. The monoisotopic (exact) mass is 1380 g/mol. The van der Waals surface area contributed by atoms with E-state index in [1.54, 1.807) is 45.0 Å². The summed E-state index contributed by atoms with van der Waals surface area (Å²) in [5, 5.41) is 10.5. The second kappa shape index (κ2) is 28.7. The summed E-state index contributed by atoms with van der Waals surface area (Å²) in [4.78, 5) is 156. The average Bonchev–Trinajstić information content (AvgIpc) is 1.57. The summed E-state index contributed by atoms with van der Waals surface area (Å²) < 4.78 is 65.8. The van der Waals surface area contributed by atoms with Crippen LogP contribution in [0.2, 0.25) is 0 Å². The number of primary amides is 1. The molecule has 2 aromatic carbocycles. The lowest BCUT2D eigenvalue weighted by molar-refractivity contribution is -0.452. The number of anilines is 3. The van der Waals surface area contributed by atoms with E-state index in [0.717, 1.165) is 4.90 Å². The zero-order valence-corrected chi connectivity index (χ0v) is 53.6. The molecule has 502 valence electrons. The molecule has 4 bridgehead atoms. The van der Waals surface area contributed by atoms with Crippen molar-refractivity contribution >= 4 is 124 Å². The minimum atomic E-state index is -4.50. The van der Waals surface area contributed by atoms with Crippen LogP contribution in [0.1, 0.15) is 70.9 Å². The lowest BCUT2D eigenvalue weighted by atomic mass is 9.89. The number of rotatable bonds is 22. The fourth-order valence-corrected chi connectivity index (χ4v) is 13.7. The third-order valence-corrected chi connectivity index (χ3v) is 18.8. The van der Waals surface area contributed by atoms with Crippen LogP contribution in [0.4, 0.5) is 36.0 Å². The van der Waals surface area contributed by atoms with Gasteiger partial charge in [0, 0.05) is 62.6 Å². The van der Waals surface area contributed by atoms with E-state index in [2.05, 4.69) is 41.2 Å². The Morgan fingerprint density at radius 1 is 0.935 bits per heavy atom. The number of nitrogen functional groups attached to an aromatic ring is 1. The van der Waals surface area contributed by atoms with Crippen LogP contribution in [0.25, 0.3) is 22.2 Å². The smallest absolute Gasteiger partial charge is 0.411 e. The summed E-state index contributed by atoms with van der Waals surface area (Å²) in [5.41, 5.74) is 13.4. The summed E-state index contributed by atoms with van der Waals surface area (Å²) in [6.07, 6.45) is -8.31. The summed E-state index contributed by atoms with van der Waals surface area (Å²) in [6, 6.07) is 9.12. The number of imidazole rings is 2. The second-order valence-electron chi connectivity index (χ2n) is 22.8. The van der Waals surface area contributed by atoms with Crippen molar-refractivity contribution in [2.45, 2.75) is 114 Å². The molecule has 93 heavy (non-hydrogen) atoms. The van der Waals surface area contributed by atoms with Crippen LogP contribution in [-0.4, -0.2) is 185 Å². The Hall–Kier alpha value is -7.35. The van der Waals surface area contributed by atoms with Gasteiger partial charge in [0.15, 0.2) is 48.1 Å². The van der Waals surface area contributed by atoms with Gasteiger partial charge < -0.3 is 74.7 Å². The molecule has 10 rings (SSSR count). The Kier molecular flexibility index (Phi) is 21.1. The van der Waals surface area contributed by atoms with Crippen molar-refractivity contribution < 1.29 is 99.4 Å². The first kappa shape index (κ1) is 68.5. The van der Waals surface area contributed by atoms with Gasteiger partial charge in [-0.15, -0.1) is 0 Å². The molecule has 3 aromatic heterocycles. The third kappa shape index (κ3) is 15.9. The Labute approximate surface area is 538 Å². The van der Waals surface area contributed by atoms with E-state index in [9.17, 15) is 48.1 Å². The van der Waals surface area contributed by atoms with Crippen molar-refractivity contribution in [3.8, 4) is 0 Å². The van der Waals surface area contributed by atoms with Crippen LogP contribution in [0.15, 0.2) is 61.4 Å². The SMILES string of the molecule is CC1CC(=O)N(CCC(=O)N[C@H](C(=O)C[C@@H](CCCNC(N)=O)C(=O)Nc2ccc(COC(=O)N(C)CCOC(=O)Nc3ccc4ncn([C@@H]5O[C@@H]6COP(O)(=S)O[C@H]7[C@H]8OO[C@]7(COP(O)(=S)O[C@@H]5[C@@H]6F)O[C@H]8n5cnc6c(N)ncnc65)c4c3)cc2)C(C)C)C1=O. The number of amides is 8. The predicted octanol–water partition coefficient (Wildman–Crippen LogP) is 3.21. The maximum atomic E-state index is 16.6. The van der Waals surface area contributed by atoms with Crippen molar-refractivity contribution in [3.63, 3.8) is 0 Å². The van der Waals surface area contributed by atoms with Crippen LogP contribution < -0.4 is 32.7 Å². The maximum absolute atomic E-state index is 16.6. The molecule has 0 radical (unpaired) electrons. The van der Waals surface area contributed by atoms with Crippen molar-refractivity contribution in [1.29, 1.82) is 0 Å². The number of aromatic nitrogens is 6. The molecule has 3 unspecified atom stereocenters. The van der Waals surface area contributed by atoms with E-state index in [4.69, 9.17) is 81.9 Å². The quantitative estimate of drug-likeness (QED) is 0.0213. The van der Waals surface area contributed by atoms with E-state index in [-0.39, 0.29) is 111 Å². The topological polar surface area (TPSA) is 437 Å². The fourth-order valence-electron chi connectivity index (χ4n) is 10.9. The molecule has 10 N–H and O–H groups in total. The standard InChI is InChI=1S/C54H67FN14O20P2S2/c1-27(2)40(65-37(71)13-15-67-38(72)18-28(3)48(67)74)35(70)19-30(6-5-14-58-51(57)75)47(73)63-31-9-7-29(8-10-31)21-81-53(77)66(4)16-17-80-52(76)64-32-11-12-33-34(20-32)68(25-61-33)49-42-39(55)36(84-49)22-82-90(78,92)88-44-43-50(69-26-62-41-45(56)59-24-60-46(41)69)85-54(44,89-86-43)23-83-91(79,93)87-42/h7-12,20,24-28,30,36,39-40,42-44,49-50H,5-6,13-19,21-23H2,1-4H3,(H,63,73)(H,64,76)(H,65,71)(H,78,92)(H,79,93)(H2,56,59,60)(H3,57,58,75)/t28?,30-,36-,39-,40+,42-,43-,44+,49-,50-,54+,90?,91?/m1/s1. The molecule has 0 aliphatic carbocycles. The number of benzene rings is 2. The third-order valence-electron chi connectivity index (χ3n) is 15.8. The molecule has 8 heterocycles. The van der Waals surface area contributed by atoms with E-state index >= 15 is 4.39 Å². The highest BCUT2D eigenvalue weighted by Crippen LogP contribution is 2.59. The summed E-state index contributed by atoms with van der Waals surface area (Å²) in [7, 11) is 1.42. The molecule has 34 nitrogen and oxygen atoms in total. The number of nitrogens with two attached hydrogens (primary N) is 2. The van der Waals surface area contributed by atoms with E-state index in [1.165, 1.54) is 58.3 Å². The number of likely N-dealkylation sites (tertiary alicyclic amines) is 1. The fraction of sp³-hybridized carbons (Fsp3) is 0.519. The molecular weight excluding hydrogens is 1310 g/mol. The number of halogens is 1. The van der Waals surface area contributed by atoms with Crippen LogP contribution in [0.3, 0.4) is 0 Å². The molecule has 13 atom stereocenters. The first-order valence-electron chi connectivity index (χ1n) is 29.1. The molecule has 8 amide bonds. The number of Topliss-reactive ketones (excluding diaryl/α,β-unsaturated/α-hetero) is 1. The van der Waals surface area contributed by atoms with Gasteiger partial charge in [-0.1, -0.05) is 32.9 Å². The Morgan fingerprint density at radius 2 is 1.68 bits per heavy atom. The highest BCUT2D eigenvalue weighted by molar-refractivity contribution is 8.07. The van der Waals surface area contributed by atoms with Gasteiger partial charge in [0.2, 0.25) is 23.6 Å².